The lowest BCUT2D eigenvalue weighted by Crippen LogP contribution is -2.24. The van der Waals surface area contributed by atoms with Gasteiger partial charge in [0, 0.05) is 11.8 Å². The van der Waals surface area contributed by atoms with Gasteiger partial charge in [0.15, 0.2) is 15.8 Å². The van der Waals surface area contributed by atoms with Gasteiger partial charge in [-0.3, -0.25) is 4.79 Å². The Labute approximate surface area is 125 Å². The van der Waals surface area contributed by atoms with Crippen LogP contribution in [-0.2, 0) is 16.3 Å². The fraction of sp³-hybridized carbons (Fsp3) is 0.429. The third kappa shape index (κ3) is 4.04. The number of carbonyl (C=O) groups is 1. The summed E-state index contributed by atoms with van der Waals surface area (Å²) in [5, 5.41) is 0. The highest BCUT2D eigenvalue weighted by atomic mass is 32.2. The summed E-state index contributed by atoms with van der Waals surface area (Å²) in [5.74, 6) is -0.946. The van der Waals surface area contributed by atoms with Crippen LogP contribution in [0.4, 0.5) is 0 Å². The molecular formula is C14H21N3O3S. The number of hydrogen-bond acceptors (Lipinski definition) is 3. The minimum atomic E-state index is -3.44. The first-order chi connectivity index (χ1) is 9.57. The van der Waals surface area contributed by atoms with Crippen LogP contribution in [-0.4, -0.2) is 26.5 Å². The van der Waals surface area contributed by atoms with Gasteiger partial charge in [-0.2, -0.15) is 4.99 Å². The van der Waals surface area contributed by atoms with Crippen LogP contribution in [0.5, 0.6) is 0 Å². The van der Waals surface area contributed by atoms with Crippen molar-refractivity contribution in [1.82, 2.24) is 0 Å². The van der Waals surface area contributed by atoms with E-state index in [0.717, 1.165) is 11.8 Å². The van der Waals surface area contributed by atoms with Gasteiger partial charge in [-0.25, -0.2) is 8.42 Å². The zero-order valence-electron chi connectivity index (χ0n) is 12.7. The van der Waals surface area contributed by atoms with Gasteiger partial charge < -0.3 is 11.5 Å². The average Bonchev–Trinajstić information content (AvgIpc) is 2.34. The molecule has 0 radical (unpaired) electrons. The van der Waals surface area contributed by atoms with Crippen LogP contribution in [0, 0.1) is 0 Å². The number of sulfone groups is 1. The van der Waals surface area contributed by atoms with E-state index in [9.17, 15) is 13.2 Å². The molecule has 0 heterocycles. The second-order valence-electron chi connectivity index (χ2n) is 5.17. The number of rotatable bonds is 4. The minimum Gasteiger partial charge on any atom is -0.370 e. The molecule has 1 aromatic rings. The third-order valence-electron chi connectivity index (χ3n) is 3.10. The molecule has 1 aromatic carbocycles. The predicted molar refractivity (Wildman–Crippen MR) is 83.2 cm³/mol. The van der Waals surface area contributed by atoms with Crippen molar-refractivity contribution in [2.24, 2.45) is 16.5 Å². The van der Waals surface area contributed by atoms with Crippen LogP contribution < -0.4 is 11.5 Å². The van der Waals surface area contributed by atoms with Crippen LogP contribution in [0.1, 0.15) is 48.2 Å². The summed E-state index contributed by atoms with van der Waals surface area (Å²) in [6, 6.07) is 3.12. The largest absolute Gasteiger partial charge is 0.370 e. The molecule has 1 rings (SSSR count). The number of nitrogens with zero attached hydrogens (tertiary/aromatic N) is 1. The van der Waals surface area contributed by atoms with Gasteiger partial charge in [-0.1, -0.05) is 26.8 Å². The Kier molecular flexibility index (Phi) is 5.11. The smallest absolute Gasteiger partial charge is 0.280 e. The zero-order valence-corrected chi connectivity index (χ0v) is 13.5. The third-order valence-corrected chi connectivity index (χ3v) is 4.28. The molecule has 0 aliphatic carbocycles. The lowest BCUT2D eigenvalue weighted by Gasteiger charge is -2.15. The quantitative estimate of drug-likeness (QED) is 0.640. The highest BCUT2D eigenvalue weighted by Crippen LogP contribution is 2.27. The van der Waals surface area contributed by atoms with Crippen molar-refractivity contribution in [2.75, 3.05) is 6.26 Å². The van der Waals surface area contributed by atoms with Gasteiger partial charge in [0.05, 0.1) is 4.90 Å². The molecule has 0 fully saturated rings. The standard InChI is InChI=1S/C14H21N3O3S/c1-5-9-6-10(8(2)3)11(13(18)17-14(15)16)7-12(9)21(4,19)20/h6-8H,5H2,1-4H3,(H4,15,16,17,18). The SMILES string of the molecule is CCc1cc(C(C)C)c(C(=O)N=C(N)N)cc1S(C)(=O)=O. The zero-order chi connectivity index (χ0) is 16.4. The van der Waals surface area contributed by atoms with Gasteiger partial charge >= 0.3 is 0 Å². The predicted octanol–water partition coefficient (Wildman–Crippen LogP) is 1.19. The number of guanidine groups is 1. The van der Waals surface area contributed by atoms with E-state index in [1.165, 1.54) is 6.07 Å². The van der Waals surface area contributed by atoms with E-state index < -0.39 is 15.7 Å². The number of amides is 1. The molecule has 21 heavy (non-hydrogen) atoms. The molecule has 0 atom stereocenters. The average molecular weight is 311 g/mol. The van der Waals surface area contributed by atoms with Gasteiger partial charge in [0.25, 0.3) is 5.91 Å². The lowest BCUT2D eigenvalue weighted by molar-refractivity contribution is 0.100. The Morgan fingerprint density at radius 1 is 1.29 bits per heavy atom. The van der Waals surface area contributed by atoms with Crippen molar-refractivity contribution < 1.29 is 13.2 Å². The Bertz CT molecular complexity index is 688. The fourth-order valence-electron chi connectivity index (χ4n) is 2.11. The van der Waals surface area contributed by atoms with Gasteiger partial charge in [0.2, 0.25) is 0 Å². The molecule has 0 aliphatic rings. The monoisotopic (exact) mass is 311 g/mol. The van der Waals surface area contributed by atoms with Crippen LogP contribution in [0.15, 0.2) is 22.0 Å². The van der Waals surface area contributed by atoms with Crippen LogP contribution in [0.3, 0.4) is 0 Å². The summed E-state index contributed by atoms with van der Waals surface area (Å²) >= 11 is 0. The molecule has 0 saturated carbocycles. The first kappa shape index (κ1) is 17.2. The second kappa shape index (κ2) is 6.26. The summed E-state index contributed by atoms with van der Waals surface area (Å²) in [6.45, 7) is 5.70. The molecule has 116 valence electrons. The highest BCUT2D eigenvalue weighted by molar-refractivity contribution is 7.90. The fourth-order valence-corrected chi connectivity index (χ4v) is 3.12. The van der Waals surface area contributed by atoms with E-state index in [1.54, 1.807) is 6.07 Å². The number of aryl methyl sites for hydroxylation is 1. The van der Waals surface area contributed by atoms with E-state index in [2.05, 4.69) is 4.99 Å². The number of hydrogen-bond donors (Lipinski definition) is 2. The molecule has 4 N–H and O–H groups in total. The molecule has 7 heteroatoms. The first-order valence-corrected chi connectivity index (χ1v) is 8.47. The molecule has 0 spiro atoms. The van der Waals surface area contributed by atoms with E-state index >= 15 is 0 Å². The maximum Gasteiger partial charge on any atom is 0.280 e. The van der Waals surface area contributed by atoms with Crippen LogP contribution in [0.2, 0.25) is 0 Å². The van der Waals surface area contributed by atoms with Crippen molar-refractivity contribution >= 4 is 21.7 Å². The normalized spacial score (nSPS) is 11.5. The molecule has 0 aliphatic heterocycles. The molecule has 0 bridgehead atoms. The van der Waals surface area contributed by atoms with Crippen LogP contribution in [0.25, 0.3) is 0 Å². The number of carbonyl (C=O) groups excluding carboxylic acids is 1. The summed E-state index contributed by atoms with van der Waals surface area (Å²) < 4.78 is 23.8. The molecule has 0 saturated heterocycles. The van der Waals surface area contributed by atoms with Crippen molar-refractivity contribution in [3.05, 3.63) is 28.8 Å². The topological polar surface area (TPSA) is 116 Å². The molecule has 0 unspecified atom stereocenters. The Morgan fingerprint density at radius 3 is 2.24 bits per heavy atom. The highest BCUT2D eigenvalue weighted by Gasteiger charge is 2.21. The summed E-state index contributed by atoms with van der Waals surface area (Å²) in [6.07, 6.45) is 1.67. The number of aliphatic imine (C=N–C) groups is 1. The maximum absolute atomic E-state index is 12.1. The second-order valence-corrected chi connectivity index (χ2v) is 7.15. The first-order valence-electron chi connectivity index (χ1n) is 6.58. The van der Waals surface area contributed by atoms with Crippen molar-refractivity contribution in [2.45, 2.75) is 38.0 Å². The van der Waals surface area contributed by atoms with Crippen molar-refractivity contribution in [3.8, 4) is 0 Å². The van der Waals surface area contributed by atoms with Gasteiger partial charge in [-0.05, 0) is 29.5 Å². The van der Waals surface area contributed by atoms with Gasteiger partial charge in [-0.15, -0.1) is 0 Å². The summed E-state index contributed by atoms with van der Waals surface area (Å²) in [7, 11) is -3.44. The van der Waals surface area contributed by atoms with E-state index in [0.29, 0.717) is 12.0 Å². The number of benzene rings is 1. The summed E-state index contributed by atoms with van der Waals surface area (Å²) in [4.78, 5) is 15.8. The van der Waals surface area contributed by atoms with Crippen LogP contribution >= 0.6 is 0 Å². The summed E-state index contributed by atoms with van der Waals surface area (Å²) in [5.41, 5.74) is 12.1. The lowest BCUT2D eigenvalue weighted by atomic mass is 9.94. The molecule has 0 aromatic heterocycles. The van der Waals surface area contributed by atoms with E-state index in [1.807, 2.05) is 20.8 Å². The van der Waals surface area contributed by atoms with E-state index in [4.69, 9.17) is 11.5 Å². The Balaban J connectivity index is 3.69. The molecular weight excluding hydrogens is 290 g/mol. The Morgan fingerprint density at radius 2 is 1.86 bits per heavy atom. The molecule has 1 amide bonds. The molecule has 6 nitrogen and oxygen atoms in total. The van der Waals surface area contributed by atoms with Crippen molar-refractivity contribution in [3.63, 3.8) is 0 Å². The van der Waals surface area contributed by atoms with Gasteiger partial charge in [0.1, 0.15) is 0 Å². The Hall–Kier alpha value is -1.89. The van der Waals surface area contributed by atoms with Crippen molar-refractivity contribution in [1.29, 1.82) is 0 Å². The minimum absolute atomic E-state index is 0.0389. The van der Waals surface area contributed by atoms with E-state index in [-0.39, 0.29) is 22.3 Å². The number of nitrogens with two attached hydrogens (primary N) is 2. The maximum atomic E-state index is 12.1.